The van der Waals surface area contributed by atoms with Gasteiger partial charge in [-0.2, -0.15) is 0 Å². The second kappa shape index (κ2) is 8.78. The molecule has 5 heteroatoms. The molecule has 2 aliphatic rings. The quantitative estimate of drug-likeness (QED) is 0.758. The number of amides is 1. The summed E-state index contributed by atoms with van der Waals surface area (Å²) in [5.74, 6) is 1.56. The summed E-state index contributed by atoms with van der Waals surface area (Å²) >= 11 is 0. The Morgan fingerprint density at radius 2 is 1.73 bits per heavy atom. The van der Waals surface area contributed by atoms with E-state index in [4.69, 9.17) is 4.74 Å². The molecule has 0 saturated carbocycles. The molecule has 0 aromatic heterocycles. The fraction of sp³-hybridized carbons (Fsp3) is 0.480. The first-order valence-electron chi connectivity index (χ1n) is 11.0. The van der Waals surface area contributed by atoms with E-state index in [1.165, 1.54) is 16.7 Å². The van der Waals surface area contributed by atoms with Gasteiger partial charge in [-0.1, -0.05) is 37.3 Å². The third-order valence-corrected chi connectivity index (χ3v) is 6.75. The lowest BCUT2D eigenvalue weighted by Crippen LogP contribution is -2.50. The normalized spacial score (nSPS) is 22.2. The van der Waals surface area contributed by atoms with E-state index in [-0.39, 0.29) is 11.9 Å². The Balaban J connectivity index is 1.34. The lowest BCUT2D eigenvalue weighted by molar-refractivity contribution is -0.120. The molecule has 0 spiro atoms. The van der Waals surface area contributed by atoms with E-state index in [2.05, 4.69) is 67.0 Å². The first-order valence-corrected chi connectivity index (χ1v) is 11.0. The molecule has 1 amide bonds. The minimum Gasteiger partial charge on any atom is -0.496 e. The van der Waals surface area contributed by atoms with Crippen molar-refractivity contribution >= 4 is 11.6 Å². The van der Waals surface area contributed by atoms with Gasteiger partial charge in [-0.25, -0.2) is 0 Å². The first-order chi connectivity index (χ1) is 14.5. The summed E-state index contributed by atoms with van der Waals surface area (Å²) in [6.07, 6.45) is 0. The molecule has 4 rings (SSSR count). The number of carbonyl (C=O) groups excluding carboxylic acids is 1. The van der Waals surface area contributed by atoms with Crippen molar-refractivity contribution in [2.75, 3.05) is 44.7 Å². The van der Waals surface area contributed by atoms with Crippen molar-refractivity contribution < 1.29 is 9.53 Å². The summed E-state index contributed by atoms with van der Waals surface area (Å²) in [7, 11) is 1.74. The number of fused-ring (bicyclic) bond motifs is 1. The standard InChI is InChI=1S/C25H33N3O2/c1-18-9-10-21(24(15-18)30-4)16-26-11-13-27(14-12-26)17-25(29)28-20(3)19(2)22-7-5-6-8-23(22)28/h5-10,15,19-20H,11-14,16-17H2,1-4H3/t19-,20+/m0/s1. The lowest BCUT2D eigenvalue weighted by Gasteiger charge is -2.36. The van der Waals surface area contributed by atoms with Crippen molar-refractivity contribution in [1.29, 1.82) is 0 Å². The zero-order valence-corrected chi connectivity index (χ0v) is 18.6. The van der Waals surface area contributed by atoms with Crippen molar-refractivity contribution in [3.63, 3.8) is 0 Å². The highest BCUT2D eigenvalue weighted by Crippen LogP contribution is 2.40. The van der Waals surface area contributed by atoms with Crippen molar-refractivity contribution in [3.05, 3.63) is 59.2 Å². The Morgan fingerprint density at radius 3 is 2.47 bits per heavy atom. The summed E-state index contributed by atoms with van der Waals surface area (Å²) in [5, 5.41) is 0. The third kappa shape index (κ3) is 4.09. The Bertz CT molecular complexity index is 905. The summed E-state index contributed by atoms with van der Waals surface area (Å²) in [5.41, 5.74) is 4.82. The molecule has 0 unspecified atom stereocenters. The highest BCUT2D eigenvalue weighted by atomic mass is 16.5. The van der Waals surface area contributed by atoms with E-state index in [9.17, 15) is 4.79 Å². The van der Waals surface area contributed by atoms with Gasteiger partial charge in [-0.05, 0) is 37.1 Å². The molecule has 2 atom stereocenters. The Morgan fingerprint density at radius 1 is 1.03 bits per heavy atom. The van der Waals surface area contributed by atoms with E-state index in [1.54, 1.807) is 7.11 Å². The number of aryl methyl sites for hydroxylation is 1. The fourth-order valence-corrected chi connectivity index (χ4v) is 4.75. The predicted octanol–water partition coefficient (Wildman–Crippen LogP) is 3.66. The first kappa shape index (κ1) is 20.9. The van der Waals surface area contributed by atoms with Crippen LogP contribution in [0.25, 0.3) is 0 Å². The highest BCUT2D eigenvalue weighted by Gasteiger charge is 2.36. The van der Waals surface area contributed by atoms with Crippen LogP contribution in [0.5, 0.6) is 5.75 Å². The molecule has 0 N–H and O–H groups in total. The molecular formula is C25H33N3O2. The molecule has 30 heavy (non-hydrogen) atoms. The van der Waals surface area contributed by atoms with Gasteiger partial charge in [0.05, 0.1) is 13.7 Å². The minimum atomic E-state index is 0.213. The van der Waals surface area contributed by atoms with E-state index >= 15 is 0 Å². The maximum Gasteiger partial charge on any atom is 0.241 e. The van der Waals surface area contributed by atoms with Gasteiger partial charge in [-0.3, -0.25) is 14.6 Å². The fourth-order valence-electron chi connectivity index (χ4n) is 4.75. The number of benzene rings is 2. The Hall–Kier alpha value is -2.37. The molecule has 160 valence electrons. The van der Waals surface area contributed by atoms with Crippen molar-refractivity contribution in [2.45, 2.75) is 39.3 Å². The molecule has 0 bridgehead atoms. The number of ether oxygens (including phenoxy) is 1. The average Bonchev–Trinajstić information content (AvgIpc) is 3.01. The number of rotatable bonds is 5. The Kier molecular flexibility index (Phi) is 6.11. The van der Waals surface area contributed by atoms with Gasteiger partial charge >= 0.3 is 0 Å². The monoisotopic (exact) mass is 407 g/mol. The van der Waals surface area contributed by atoms with Gasteiger partial charge in [0.25, 0.3) is 0 Å². The number of hydrogen-bond acceptors (Lipinski definition) is 4. The number of piperazine rings is 1. The van der Waals surface area contributed by atoms with Gasteiger partial charge in [0, 0.05) is 55.9 Å². The molecule has 0 aliphatic carbocycles. The van der Waals surface area contributed by atoms with Gasteiger partial charge in [-0.15, -0.1) is 0 Å². The smallest absolute Gasteiger partial charge is 0.241 e. The van der Waals surface area contributed by atoms with Crippen LogP contribution in [-0.4, -0.2) is 61.6 Å². The van der Waals surface area contributed by atoms with Gasteiger partial charge < -0.3 is 9.64 Å². The van der Waals surface area contributed by atoms with Crippen molar-refractivity contribution in [1.82, 2.24) is 9.80 Å². The number of para-hydroxylation sites is 1. The van der Waals surface area contributed by atoms with E-state index in [0.29, 0.717) is 12.5 Å². The topological polar surface area (TPSA) is 36.0 Å². The summed E-state index contributed by atoms with van der Waals surface area (Å²) in [6, 6.07) is 15.0. The molecule has 0 radical (unpaired) electrons. The maximum absolute atomic E-state index is 13.2. The number of nitrogens with zero attached hydrogens (tertiary/aromatic N) is 3. The largest absolute Gasteiger partial charge is 0.496 e. The van der Waals surface area contributed by atoms with Crippen molar-refractivity contribution in [3.8, 4) is 5.75 Å². The number of methoxy groups -OCH3 is 1. The van der Waals surface area contributed by atoms with Crippen LogP contribution in [0.3, 0.4) is 0 Å². The Labute approximate surface area is 180 Å². The maximum atomic E-state index is 13.2. The van der Waals surface area contributed by atoms with Crippen LogP contribution in [0.15, 0.2) is 42.5 Å². The minimum absolute atomic E-state index is 0.213. The van der Waals surface area contributed by atoms with Crippen LogP contribution >= 0.6 is 0 Å². The summed E-state index contributed by atoms with van der Waals surface area (Å²) in [4.78, 5) is 19.9. The zero-order chi connectivity index (χ0) is 21.3. The van der Waals surface area contributed by atoms with Gasteiger partial charge in [0.15, 0.2) is 0 Å². The average molecular weight is 408 g/mol. The van der Waals surface area contributed by atoms with E-state index < -0.39 is 0 Å². The molecule has 1 fully saturated rings. The van der Waals surface area contributed by atoms with Crippen LogP contribution in [0, 0.1) is 6.92 Å². The van der Waals surface area contributed by atoms with Crippen LogP contribution in [0.4, 0.5) is 5.69 Å². The van der Waals surface area contributed by atoms with Gasteiger partial charge in [0.1, 0.15) is 5.75 Å². The molecule has 2 heterocycles. The third-order valence-electron chi connectivity index (χ3n) is 6.75. The SMILES string of the molecule is COc1cc(C)ccc1CN1CCN(CC(=O)N2c3ccccc3[C@@H](C)[C@H]2C)CC1. The van der Waals surface area contributed by atoms with Crippen LogP contribution in [0.2, 0.25) is 0 Å². The van der Waals surface area contributed by atoms with Crippen LogP contribution in [0.1, 0.15) is 36.5 Å². The summed E-state index contributed by atoms with van der Waals surface area (Å²) in [6.45, 7) is 11.6. The number of anilines is 1. The lowest BCUT2D eigenvalue weighted by atomic mass is 9.98. The number of hydrogen-bond donors (Lipinski definition) is 0. The van der Waals surface area contributed by atoms with Crippen LogP contribution in [-0.2, 0) is 11.3 Å². The zero-order valence-electron chi connectivity index (χ0n) is 18.6. The number of carbonyl (C=O) groups is 1. The van der Waals surface area contributed by atoms with Gasteiger partial charge in [0.2, 0.25) is 5.91 Å². The highest BCUT2D eigenvalue weighted by molar-refractivity contribution is 5.97. The predicted molar refractivity (Wildman–Crippen MR) is 121 cm³/mol. The van der Waals surface area contributed by atoms with E-state index in [0.717, 1.165) is 44.2 Å². The summed E-state index contributed by atoms with van der Waals surface area (Å²) < 4.78 is 5.56. The molecule has 1 saturated heterocycles. The second-order valence-corrected chi connectivity index (χ2v) is 8.72. The molecular weight excluding hydrogens is 374 g/mol. The van der Waals surface area contributed by atoms with Crippen molar-refractivity contribution in [2.24, 2.45) is 0 Å². The molecule has 2 aromatic rings. The molecule has 2 aromatic carbocycles. The second-order valence-electron chi connectivity index (χ2n) is 8.72. The van der Waals surface area contributed by atoms with Crippen LogP contribution < -0.4 is 9.64 Å². The van der Waals surface area contributed by atoms with E-state index in [1.807, 2.05) is 11.0 Å². The molecule has 2 aliphatic heterocycles. The molecule has 5 nitrogen and oxygen atoms in total.